The van der Waals surface area contributed by atoms with Crippen LogP contribution in [0.1, 0.15) is 5.56 Å². The highest BCUT2D eigenvalue weighted by molar-refractivity contribution is 5.36. The fourth-order valence-corrected chi connectivity index (χ4v) is 0.637. The topological polar surface area (TPSA) is 36.7 Å². The average molecular weight is 164 g/mol. The number of nitriles is 1. The van der Waals surface area contributed by atoms with Crippen LogP contribution in [-0.2, 0) is 0 Å². The van der Waals surface area contributed by atoms with Crippen LogP contribution in [0.25, 0.3) is 0 Å². The van der Waals surface area contributed by atoms with Crippen LogP contribution in [0.5, 0.6) is 0 Å². The van der Waals surface area contributed by atoms with Crippen molar-refractivity contribution in [2.75, 3.05) is 0 Å². The molecule has 12 heavy (non-hydrogen) atoms. The van der Waals surface area contributed by atoms with Crippen molar-refractivity contribution in [3.8, 4) is 17.9 Å². The van der Waals surface area contributed by atoms with Crippen LogP contribution in [0, 0.1) is 35.1 Å². The van der Waals surface area contributed by atoms with E-state index in [9.17, 15) is 8.78 Å². The van der Waals surface area contributed by atoms with Gasteiger partial charge in [-0.25, -0.2) is 0 Å². The minimum Gasteiger partial charge on any atom is -0.191 e. The van der Waals surface area contributed by atoms with E-state index in [1.165, 1.54) is 6.07 Å². The number of halogens is 2. The van der Waals surface area contributed by atoms with Gasteiger partial charge in [-0.05, 0) is 0 Å². The molecule has 58 valence electrons. The third kappa shape index (κ3) is 2.03. The van der Waals surface area contributed by atoms with Crippen LogP contribution in [0.3, 0.4) is 0 Å². The lowest BCUT2D eigenvalue weighted by Crippen LogP contribution is -1.89. The Morgan fingerprint density at radius 3 is 2.33 bits per heavy atom. The van der Waals surface area contributed by atoms with E-state index in [2.05, 4.69) is 10.9 Å². The van der Waals surface area contributed by atoms with Gasteiger partial charge < -0.3 is 0 Å². The third-order valence-electron chi connectivity index (χ3n) is 1.03. The molecule has 0 radical (unpaired) electrons. The summed E-state index contributed by atoms with van der Waals surface area (Å²) in [6, 6.07) is 3.43. The van der Waals surface area contributed by atoms with Gasteiger partial charge in [0, 0.05) is 23.6 Å². The molecule has 2 nitrogen and oxygen atoms in total. The van der Waals surface area contributed by atoms with Gasteiger partial charge in [-0.15, -0.1) is 0 Å². The van der Waals surface area contributed by atoms with Crippen LogP contribution >= 0.6 is 0 Å². The second kappa shape index (κ2) is 3.45. The Balaban J connectivity index is 3.11. The van der Waals surface area contributed by atoms with Crippen molar-refractivity contribution in [3.05, 3.63) is 29.6 Å². The molecule has 1 rings (SSSR count). The van der Waals surface area contributed by atoms with E-state index in [4.69, 9.17) is 5.26 Å². The number of hydrogen-bond acceptors (Lipinski definition) is 2. The van der Waals surface area contributed by atoms with Gasteiger partial charge >= 0.3 is 0 Å². The fraction of sp³-hybridized carbons (Fsp3) is 0. The lowest BCUT2D eigenvalue weighted by molar-refractivity contribution is 0.512. The molecule has 0 aromatic carbocycles. The summed E-state index contributed by atoms with van der Waals surface area (Å²) in [7, 11) is 0. The molecule has 0 fully saturated rings. The predicted molar refractivity (Wildman–Crippen MR) is 36.6 cm³/mol. The van der Waals surface area contributed by atoms with E-state index in [0.717, 1.165) is 12.1 Å². The van der Waals surface area contributed by atoms with Crippen LogP contribution in [0.15, 0.2) is 12.1 Å². The number of aromatic nitrogens is 1. The minimum absolute atomic E-state index is 0.0987. The summed E-state index contributed by atoms with van der Waals surface area (Å²) >= 11 is 0. The number of nitrogens with zero attached hydrogens (tertiary/aromatic N) is 2. The quantitative estimate of drug-likeness (QED) is 0.427. The molecule has 0 amide bonds. The van der Waals surface area contributed by atoms with Crippen molar-refractivity contribution in [1.82, 2.24) is 4.98 Å². The first-order valence-electron chi connectivity index (χ1n) is 2.95. The second-order valence-corrected chi connectivity index (χ2v) is 1.86. The first-order chi connectivity index (χ1) is 5.72. The van der Waals surface area contributed by atoms with E-state index in [-0.39, 0.29) is 5.56 Å². The van der Waals surface area contributed by atoms with Crippen LogP contribution < -0.4 is 0 Å². The summed E-state index contributed by atoms with van der Waals surface area (Å²) in [6.45, 7) is 0. The summed E-state index contributed by atoms with van der Waals surface area (Å²) in [5.41, 5.74) is 0.0987. The molecule has 0 N–H and O–H groups in total. The molecule has 0 atom stereocenters. The van der Waals surface area contributed by atoms with Crippen molar-refractivity contribution >= 4 is 0 Å². The average Bonchev–Trinajstić information content (AvgIpc) is 1.99. The molecule has 1 aromatic heterocycles. The molecule has 1 aromatic rings. The smallest absolute Gasteiger partial charge is 0.191 e. The summed E-state index contributed by atoms with van der Waals surface area (Å²) in [4.78, 5) is 2.86. The van der Waals surface area contributed by atoms with Gasteiger partial charge in [-0.3, -0.25) is 0 Å². The molecule has 4 heteroatoms. The van der Waals surface area contributed by atoms with E-state index in [1.54, 1.807) is 0 Å². The van der Waals surface area contributed by atoms with Crippen LogP contribution in [-0.4, -0.2) is 4.98 Å². The molecule has 0 aliphatic heterocycles. The van der Waals surface area contributed by atoms with Gasteiger partial charge in [-0.1, -0.05) is 5.92 Å². The summed E-state index contributed by atoms with van der Waals surface area (Å²) in [5, 5.41) is 8.04. The van der Waals surface area contributed by atoms with E-state index in [0.29, 0.717) is 0 Å². The Labute approximate surface area is 67.5 Å². The lowest BCUT2D eigenvalue weighted by atomic mass is 10.3. The summed E-state index contributed by atoms with van der Waals surface area (Å²) in [5.74, 6) is 2.36. The zero-order valence-electron chi connectivity index (χ0n) is 5.81. The fourth-order valence-electron chi connectivity index (χ4n) is 0.637. The highest BCUT2D eigenvalue weighted by Gasteiger charge is 1.98. The molecule has 0 bridgehead atoms. The molecule has 0 aliphatic carbocycles. The van der Waals surface area contributed by atoms with Crippen LogP contribution in [0.4, 0.5) is 8.78 Å². The second-order valence-electron chi connectivity index (χ2n) is 1.86. The largest absolute Gasteiger partial charge is 0.216 e. The van der Waals surface area contributed by atoms with Crippen LogP contribution in [0.2, 0.25) is 0 Å². The normalized spacial score (nSPS) is 8.08. The predicted octanol–water partition coefficient (Wildman–Crippen LogP) is 1.23. The highest BCUT2D eigenvalue weighted by Crippen LogP contribution is 2.01. The van der Waals surface area contributed by atoms with Gasteiger partial charge in [0.2, 0.25) is 11.9 Å². The van der Waals surface area contributed by atoms with Crippen molar-refractivity contribution in [1.29, 1.82) is 5.26 Å². The lowest BCUT2D eigenvalue weighted by Gasteiger charge is -1.90. The first-order valence-corrected chi connectivity index (χ1v) is 2.95. The Bertz CT molecular complexity index is 375. The van der Waals surface area contributed by atoms with Crippen molar-refractivity contribution in [2.45, 2.75) is 0 Å². The zero-order chi connectivity index (χ0) is 8.97. The third-order valence-corrected chi connectivity index (χ3v) is 1.03. The standard InChI is InChI=1S/C8H2F2N2/c9-7-4-6(2-1-3-11)5-8(10)12-7/h4-5H. The maximum Gasteiger partial charge on any atom is 0.216 e. The zero-order valence-corrected chi connectivity index (χ0v) is 5.81. The minimum atomic E-state index is -0.947. The van der Waals surface area contributed by atoms with Gasteiger partial charge in [0.25, 0.3) is 0 Å². The molecule has 0 unspecified atom stereocenters. The number of hydrogen-bond donors (Lipinski definition) is 0. The van der Waals surface area contributed by atoms with E-state index in [1.807, 2.05) is 5.92 Å². The van der Waals surface area contributed by atoms with Gasteiger partial charge in [0.1, 0.15) is 0 Å². The highest BCUT2D eigenvalue weighted by atomic mass is 19.1. The molecule has 0 saturated heterocycles. The summed E-state index contributed by atoms with van der Waals surface area (Å²) < 4.78 is 24.7. The van der Waals surface area contributed by atoms with E-state index < -0.39 is 11.9 Å². The maximum atomic E-state index is 12.4. The SMILES string of the molecule is N#CC#Cc1cc(F)nc(F)c1. The van der Waals surface area contributed by atoms with Gasteiger partial charge in [0.15, 0.2) is 6.07 Å². The Morgan fingerprint density at radius 1 is 1.25 bits per heavy atom. The molecular weight excluding hydrogens is 162 g/mol. The molecule has 1 heterocycles. The Kier molecular flexibility index (Phi) is 2.35. The maximum absolute atomic E-state index is 12.4. The molecular formula is C8H2F2N2. The van der Waals surface area contributed by atoms with Crippen molar-refractivity contribution in [3.63, 3.8) is 0 Å². The summed E-state index contributed by atoms with van der Waals surface area (Å²) in [6.07, 6.45) is 0. The Morgan fingerprint density at radius 2 is 1.83 bits per heavy atom. The monoisotopic (exact) mass is 164 g/mol. The van der Waals surface area contributed by atoms with Gasteiger partial charge in [0.05, 0.1) is 0 Å². The molecule has 0 aliphatic rings. The molecule has 0 spiro atoms. The van der Waals surface area contributed by atoms with E-state index >= 15 is 0 Å². The van der Waals surface area contributed by atoms with Gasteiger partial charge in [-0.2, -0.15) is 19.0 Å². The van der Waals surface area contributed by atoms with Crippen molar-refractivity contribution < 1.29 is 8.78 Å². The number of pyridine rings is 1. The Hall–Kier alpha value is -1.94. The first kappa shape index (κ1) is 8.16. The van der Waals surface area contributed by atoms with Crippen molar-refractivity contribution in [2.24, 2.45) is 0 Å². The molecule has 0 saturated carbocycles. The number of rotatable bonds is 0.